The average molecular weight is 296 g/mol. The van der Waals surface area contributed by atoms with Crippen molar-refractivity contribution in [1.29, 1.82) is 0 Å². The van der Waals surface area contributed by atoms with Crippen LogP contribution in [-0.2, 0) is 0 Å². The van der Waals surface area contributed by atoms with Crippen LogP contribution in [0.25, 0.3) is 0 Å². The van der Waals surface area contributed by atoms with Gasteiger partial charge in [0.2, 0.25) is 0 Å². The van der Waals surface area contributed by atoms with Crippen molar-refractivity contribution in [3.8, 4) is 5.75 Å². The van der Waals surface area contributed by atoms with Gasteiger partial charge in [0.05, 0.1) is 12.6 Å². The minimum Gasteiger partial charge on any atom is -0.491 e. The zero-order valence-electron chi connectivity index (χ0n) is 12.4. The van der Waals surface area contributed by atoms with Gasteiger partial charge in [-0.15, -0.1) is 0 Å². The topological polar surface area (TPSA) is 54.2 Å². The maximum atomic E-state index is 9.28. The maximum absolute atomic E-state index is 9.28. The minimum atomic E-state index is -0.328. The van der Waals surface area contributed by atoms with E-state index in [4.69, 9.17) is 4.74 Å². The summed E-state index contributed by atoms with van der Waals surface area (Å²) in [4.78, 5) is 8.01. The van der Waals surface area contributed by atoms with Gasteiger partial charge in [0, 0.05) is 0 Å². The van der Waals surface area contributed by atoms with Crippen LogP contribution in [-0.4, -0.2) is 31.8 Å². The Bertz CT molecular complexity index is 613. The molecule has 0 aliphatic carbocycles. The molecule has 114 valence electrons. The van der Waals surface area contributed by atoms with Crippen molar-refractivity contribution in [3.05, 3.63) is 65.7 Å². The number of aliphatic imine (C=N–C) groups is 2. The van der Waals surface area contributed by atoms with Crippen molar-refractivity contribution < 1.29 is 9.84 Å². The van der Waals surface area contributed by atoms with E-state index in [0.29, 0.717) is 12.4 Å². The van der Waals surface area contributed by atoms with E-state index >= 15 is 0 Å². The second-order valence-corrected chi connectivity index (χ2v) is 4.87. The van der Waals surface area contributed by atoms with Crippen molar-refractivity contribution in [3.63, 3.8) is 0 Å². The Kier molecular flexibility index (Phi) is 5.86. The second kappa shape index (κ2) is 8.10. The Morgan fingerprint density at radius 1 is 0.909 bits per heavy atom. The SMILES string of the molecule is C=N[C@@H](COc1cccc([C@@H](CO)N=C)c1)c1ccccc1. The van der Waals surface area contributed by atoms with Crippen LogP contribution in [0.4, 0.5) is 0 Å². The summed E-state index contributed by atoms with van der Waals surface area (Å²) >= 11 is 0. The third-order valence-corrected chi connectivity index (χ3v) is 3.45. The van der Waals surface area contributed by atoms with E-state index in [1.165, 1.54) is 0 Å². The Morgan fingerprint density at radius 2 is 1.59 bits per heavy atom. The van der Waals surface area contributed by atoms with Crippen molar-refractivity contribution in [2.75, 3.05) is 13.2 Å². The number of hydrogen-bond donors (Lipinski definition) is 1. The molecule has 2 rings (SSSR count). The van der Waals surface area contributed by atoms with E-state index in [0.717, 1.165) is 11.1 Å². The molecule has 1 N–H and O–H groups in total. The third kappa shape index (κ3) is 4.02. The molecule has 0 radical (unpaired) electrons. The summed E-state index contributed by atoms with van der Waals surface area (Å²) < 4.78 is 5.82. The third-order valence-electron chi connectivity index (χ3n) is 3.45. The largest absolute Gasteiger partial charge is 0.491 e. The number of rotatable bonds is 8. The van der Waals surface area contributed by atoms with Crippen LogP contribution in [0.3, 0.4) is 0 Å². The van der Waals surface area contributed by atoms with Crippen molar-refractivity contribution in [2.45, 2.75) is 12.1 Å². The molecule has 0 heterocycles. The van der Waals surface area contributed by atoms with Crippen LogP contribution >= 0.6 is 0 Å². The number of hydrogen-bond acceptors (Lipinski definition) is 4. The molecule has 2 aromatic rings. The summed E-state index contributed by atoms with van der Waals surface area (Å²) in [5, 5.41) is 9.28. The fourth-order valence-electron chi connectivity index (χ4n) is 2.18. The molecule has 0 saturated carbocycles. The first kappa shape index (κ1) is 15.9. The molecule has 4 nitrogen and oxygen atoms in total. The minimum absolute atomic E-state index is 0.0756. The highest BCUT2D eigenvalue weighted by atomic mass is 16.5. The zero-order valence-corrected chi connectivity index (χ0v) is 12.4. The van der Waals surface area contributed by atoms with Gasteiger partial charge in [-0.3, -0.25) is 9.98 Å². The number of nitrogens with zero attached hydrogens (tertiary/aromatic N) is 2. The van der Waals surface area contributed by atoms with E-state index in [-0.39, 0.29) is 18.7 Å². The van der Waals surface area contributed by atoms with Gasteiger partial charge in [0.15, 0.2) is 0 Å². The molecule has 0 saturated heterocycles. The highest BCUT2D eigenvalue weighted by molar-refractivity contribution is 5.34. The quantitative estimate of drug-likeness (QED) is 0.760. The van der Waals surface area contributed by atoms with Crippen LogP contribution in [0.2, 0.25) is 0 Å². The zero-order chi connectivity index (χ0) is 15.8. The lowest BCUT2D eigenvalue weighted by atomic mass is 10.1. The summed E-state index contributed by atoms with van der Waals surface area (Å²) in [5.74, 6) is 0.712. The normalized spacial score (nSPS) is 13.1. The van der Waals surface area contributed by atoms with E-state index in [9.17, 15) is 5.11 Å². The van der Waals surface area contributed by atoms with Crippen LogP contribution in [0.15, 0.2) is 64.6 Å². The molecule has 2 aromatic carbocycles. The molecule has 0 spiro atoms. The lowest BCUT2D eigenvalue weighted by Gasteiger charge is -2.15. The first-order chi connectivity index (χ1) is 10.8. The predicted octanol–water partition coefficient (Wildman–Crippen LogP) is 3.24. The monoisotopic (exact) mass is 296 g/mol. The van der Waals surface area contributed by atoms with E-state index in [1.54, 1.807) is 0 Å². The van der Waals surface area contributed by atoms with Gasteiger partial charge >= 0.3 is 0 Å². The highest BCUT2D eigenvalue weighted by Gasteiger charge is 2.11. The predicted molar refractivity (Wildman–Crippen MR) is 90.0 cm³/mol. The van der Waals surface area contributed by atoms with Crippen molar-refractivity contribution >= 4 is 13.4 Å². The average Bonchev–Trinajstić information content (AvgIpc) is 2.58. The lowest BCUT2D eigenvalue weighted by molar-refractivity contribution is 0.268. The van der Waals surface area contributed by atoms with Crippen molar-refractivity contribution in [2.24, 2.45) is 9.98 Å². The van der Waals surface area contributed by atoms with Gasteiger partial charge in [0.1, 0.15) is 18.4 Å². The Morgan fingerprint density at radius 3 is 2.23 bits per heavy atom. The van der Waals surface area contributed by atoms with Gasteiger partial charge in [-0.25, -0.2) is 0 Å². The molecule has 0 bridgehead atoms. The van der Waals surface area contributed by atoms with Crippen molar-refractivity contribution in [1.82, 2.24) is 0 Å². The second-order valence-electron chi connectivity index (χ2n) is 4.87. The molecular formula is C18H20N2O2. The smallest absolute Gasteiger partial charge is 0.119 e. The molecule has 0 unspecified atom stereocenters. The molecule has 0 aliphatic rings. The van der Waals surface area contributed by atoms with Crippen LogP contribution in [0.5, 0.6) is 5.75 Å². The molecule has 2 atom stereocenters. The fraction of sp³-hybridized carbons (Fsp3) is 0.222. The summed E-state index contributed by atoms with van der Waals surface area (Å²) in [6.45, 7) is 7.46. The number of benzene rings is 2. The molecular weight excluding hydrogens is 276 g/mol. The summed E-state index contributed by atoms with van der Waals surface area (Å²) in [6.07, 6.45) is 0. The van der Waals surface area contributed by atoms with E-state index in [2.05, 4.69) is 23.4 Å². The Balaban J connectivity index is 2.06. The Labute approximate surface area is 130 Å². The highest BCUT2D eigenvalue weighted by Crippen LogP contribution is 2.23. The molecule has 0 amide bonds. The first-order valence-electron chi connectivity index (χ1n) is 7.08. The molecule has 0 aliphatic heterocycles. The van der Waals surface area contributed by atoms with Gasteiger partial charge in [0.25, 0.3) is 0 Å². The van der Waals surface area contributed by atoms with Crippen LogP contribution in [0, 0.1) is 0 Å². The summed E-state index contributed by atoms with van der Waals surface area (Å²) in [5.41, 5.74) is 1.94. The molecule has 0 aromatic heterocycles. The number of aliphatic hydroxyl groups excluding tert-OH is 1. The van der Waals surface area contributed by atoms with Gasteiger partial charge in [-0.1, -0.05) is 42.5 Å². The summed E-state index contributed by atoms with van der Waals surface area (Å²) in [6, 6.07) is 17.0. The maximum Gasteiger partial charge on any atom is 0.119 e. The van der Waals surface area contributed by atoms with Gasteiger partial charge < -0.3 is 9.84 Å². The Hall–Kier alpha value is -2.46. The lowest BCUT2D eigenvalue weighted by Crippen LogP contribution is -2.08. The fourth-order valence-corrected chi connectivity index (χ4v) is 2.18. The first-order valence-corrected chi connectivity index (χ1v) is 7.08. The molecule has 22 heavy (non-hydrogen) atoms. The standard InChI is InChI=1S/C18H20N2O2/c1-19-17(12-21)15-9-6-10-16(11-15)22-13-18(20-2)14-7-4-3-5-8-14/h3-11,17-18,21H,1-2,12-13H2/t17-,18+/m1/s1. The molecule has 4 heteroatoms. The van der Waals surface area contributed by atoms with Gasteiger partial charge in [-0.05, 0) is 36.7 Å². The van der Waals surface area contributed by atoms with E-state index in [1.807, 2.05) is 54.6 Å². The summed E-state index contributed by atoms with van der Waals surface area (Å²) in [7, 11) is 0. The molecule has 0 fully saturated rings. The van der Waals surface area contributed by atoms with E-state index < -0.39 is 0 Å². The van der Waals surface area contributed by atoms with Crippen LogP contribution < -0.4 is 4.74 Å². The number of aliphatic hydroxyl groups is 1. The van der Waals surface area contributed by atoms with Crippen LogP contribution in [0.1, 0.15) is 23.2 Å². The van der Waals surface area contributed by atoms with Gasteiger partial charge in [-0.2, -0.15) is 0 Å². The number of ether oxygens (including phenoxy) is 1.